The largest absolute Gasteiger partial charge is 0.459 e. The van der Waals surface area contributed by atoms with Crippen LogP contribution < -0.4 is 5.32 Å². The predicted octanol–water partition coefficient (Wildman–Crippen LogP) is 4.40. The maximum atomic E-state index is 6.04. The molecule has 0 saturated carbocycles. The number of benzene rings is 1. The molecule has 3 aromatic rings. The average molecular weight is 273 g/mol. The molecule has 0 radical (unpaired) electrons. The van der Waals surface area contributed by atoms with Crippen molar-refractivity contribution in [3.05, 3.63) is 59.1 Å². The zero-order valence-corrected chi connectivity index (χ0v) is 11.2. The minimum absolute atomic E-state index is 0.474. The van der Waals surface area contributed by atoms with Crippen molar-refractivity contribution < 1.29 is 4.42 Å². The van der Waals surface area contributed by atoms with E-state index in [9.17, 15) is 0 Å². The molecule has 0 bridgehead atoms. The summed E-state index contributed by atoms with van der Waals surface area (Å²) in [5.74, 6) is 0.874. The lowest BCUT2D eigenvalue weighted by Crippen LogP contribution is -2.00. The lowest BCUT2D eigenvalue weighted by atomic mass is 10.2. The Kier molecular flexibility index (Phi) is 3.13. The number of aryl methyl sites for hydroxylation is 1. The predicted molar refractivity (Wildman–Crippen MR) is 77.5 cm³/mol. The molecule has 3 nitrogen and oxygen atoms in total. The molecule has 4 heteroatoms. The van der Waals surface area contributed by atoms with Gasteiger partial charge in [-0.15, -0.1) is 0 Å². The monoisotopic (exact) mass is 272 g/mol. The molecule has 0 unspecified atom stereocenters. The Morgan fingerprint density at radius 1 is 1.26 bits per heavy atom. The van der Waals surface area contributed by atoms with Crippen LogP contribution in [0.15, 0.2) is 47.0 Å². The molecular formula is C15H13ClN2O. The summed E-state index contributed by atoms with van der Waals surface area (Å²) in [6.07, 6.45) is 1.74. The number of hydrogen-bond acceptors (Lipinski definition) is 3. The molecule has 0 amide bonds. The standard InChI is InChI=1S/C15H13ClN2O/c1-10-6-13(15(16)18-8-10)17-9-12-7-11-4-2-3-5-14(11)19-12/h2-8,17H,9H2,1H3. The lowest BCUT2D eigenvalue weighted by Gasteiger charge is -2.06. The highest BCUT2D eigenvalue weighted by Crippen LogP contribution is 2.23. The first kappa shape index (κ1) is 12.1. The van der Waals surface area contributed by atoms with E-state index in [1.165, 1.54) is 0 Å². The number of anilines is 1. The van der Waals surface area contributed by atoms with E-state index in [2.05, 4.69) is 10.3 Å². The van der Waals surface area contributed by atoms with Crippen LogP contribution in [0.5, 0.6) is 0 Å². The third-order valence-electron chi connectivity index (χ3n) is 2.91. The Bertz CT molecular complexity index is 688. The van der Waals surface area contributed by atoms with E-state index < -0.39 is 0 Å². The van der Waals surface area contributed by atoms with Crippen LogP contribution in [-0.4, -0.2) is 4.98 Å². The lowest BCUT2D eigenvalue weighted by molar-refractivity contribution is 0.559. The van der Waals surface area contributed by atoms with Crippen molar-refractivity contribution in [2.75, 3.05) is 5.32 Å². The number of fused-ring (bicyclic) bond motifs is 1. The molecule has 2 heterocycles. The number of pyridine rings is 1. The van der Waals surface area contributed by atoms with E-state index in [0.717, 1.165) is 28.0 Å². The zero-order chi connectivity index (χ0) is 13.2. The maximum Gasteiger partial charge on any atom is 0.152 e. The maximum absolute atomic E-state index is 6.04. The normalized spacial score (nSPS) is 10.8. The van der Waals surface area contributed by atoms with Crippen LogP contribution in [0.25, 0.3) is 11.0 Å². The van der Waals surface area contributed by atoms with Gasteiger partial charge in [0.15, 0.2) is 5.15 Å². The van der Waals surface area contributed by atoms with Crippen molar-refractivity contribution in [2.24, 2.45) is 0 Å². The highest BCUT2D eigenvalue weighted by Gasteiger charge is 2.05. The Balaban J connectivity index is 1.80. The summed E-state index contributed by atoms with van der Waals surface area (Å²) >= 11 is 6.04. The molecule has 2 aromatic heterocycles. The average Bonchev–Trinajstić information content (AvgIpc) is 2.82. The number of para-hydroxylation sites is 1. The van der Waals surface area contributed by atoms with Gasteiger partial charge >= 0.3 is 0 Å². The van der Waals surface area contributed by atoms with Gasteiger partial charge in [-0.05, 0) is 30.7 Å². The molecule has 1 aromatic carbocycles. The second-order valence-electron chi connectivity index (χ2n) is 4.46. The zero-order valence-electron chi connectivity index (χ0n) is 10.5. The topological polar surface area (TPSA) is 38.1 Å². The van der Waals surface area contributed by atoms with Crippen molar-refractivity contribution in [3.63, 3.8) is 0 Å². The van der Waals surface area contributed by atoms with E-state index >= 15 is 0 Å². The molecule has 19 heavy (non-hydrogen) atoms. The number of rotatable bonds is 3. The van der Waals surface area contributed by atoms with E-state index in [0.29, 0.717) is 11.7 Å². The molecule has 0 aliphatic carbocycles. The molecular weight excluding hydrogens is 260 g/mol. The Hall–Kier alpha value is -2.00. The fourth-order valence-electron chi connectivity index (χ4n) is 1.98. The third-order valence-corrected chi connectivity index (χ3v) is 3.21. The summed E-state index contributed by atoms with van der Waals surface area (Å²) in [6.45, 7) is 2.56. The summed E-state index contributed by atoms with van der Waals surface area (Å²) in [6, 6.07) is 11.9. The highest BCUT2D eigenvalue weighted by molar-refractivity contribution is 6.31. The molecule has 96 valence electrons. The second-order valence-corrected chi connectivity index (χ2v) is 4.81. The fraction of sp³-hybridized carbons (Fsp3) is 0.133. The Morgan fingerprint density at radius 2 is 2.11 bits per heavy atom. The van der Waals surface area contributed by atoms with E-state index in [1.807, 2.05) is 43.3 Å². The van der Waals surface area contributed by atoms with E-state index in [4.69, 9.17) is 16.0 Å². The number of hydrogen-bond donors (Lipinski definition) is 1. The van der Waals surface area contributed by atoms with Gasteiger partial charge in [0, 0.05) is 11.6 Å². The second kappa shape index (κ2) is 4.94. The number of halogens is 1. The molecule has 0 atom stereocenters. The van der Waals surface area contributed by atoms with Crippen LogP contribution >= 0.6 is 11.6 Å². The first-order chi connectivity index (χ1) is 9.22. The molecule has 0 saturated heterocycles. The van der Waals surface area contributed by atoms with Crippen LogP contribution in [0.1, 0.15) is 11.3 Å². The molecule has 0 spiro atoms. The summed E-state index contributed by atoms with van der Waals surface area (Å²) < 4.78 is 5.73. The number of nitrogens with zero attached hydrogens (tertiary/aromatic N) is 1. The van der Waals surface area contributed by atoms with Gasteiger partial charge < -0.3 is 9.73 Å². The van der Waals surface area contributed by atoms with Gasteiger partial charge in [0.1, 0.15) is 11.3 Å². The minimum atomic E-state index is 0.474. The van der Waals surface area contributed by atoms with Crippen LogP contribution in [0, 0.1) is 6.92 Å². The van der Waals surface area contributed by atoms with Gasteiger partial charge in [0.25, 0.3) is 0 Å². The van der Waals surface area contributed by atoms with Gasteiger partial charge in [0.05, 0.1) is 12.2 Å². The Morgan fingerprint density at radius 3 is 2.95 bits per heavy atom. The quantitative estimate of drug-likeness (QED) is 0.718. The van der Waals surface area contributed by atoms with Gasteiger partial charge in [0.2, 0.25) is 0 Å². The highest BCUT2D eigenvalue weighted by atomic mass is 35.5. The number of aromatic nitrogens is 1. The van der Waals surface area contributed by atoms with Crippen molar-refractivity contribution in [1.29, 1.82) is 0 Å². The molecule has 0 fully saturated rings. The summed E-state index contributed by atoms with van der Waals surface area (Å²) in [7, 11) is 0. The molecule has 1 N–H and O–H groups in total. The van der Waals surface area contributed by atoms with Crippen LogP contribution in [0.4, 0.5) is 5.69 Å². The first-order valence-electron chi connectivity index (χ1n) is 6.06. The number of furan rings is 1. The minimum Gasteiger partial charge on any atom is -0.459 e. The van der Waals surface area contributed by atoms with Crippen molar-refractivity contribution in [2.45, 2.75) is 13.5 Å². The van der Waals surface area contributed by atoms with Crippen LogP contribution in [0.2, 0.25) is 5.15 Å². The summed E-state index contributed by atoms with van der Waals surface area (Å²) in [4.78, 5) is 4.11. The fourth-order valence-corrected chi connectivity index (χ4v) is 2.15. The Labute approximate surface area is 116 Å². The SMILES string of the molecule is Cc1cnc(Cl)c(NCc2cc3ccccc3o2)c1. The third kappa shape index (κ3) is 2.56. The van der Waals surface area contributed by atoms with Crippen molar-refractivity contribution >= 4 is 28.3 Å². The van der Waals surface area contributed by atoms with Gasteiger partial charge in [-0.1, -0.05) is 29.8 Å². The van der Waals surface area contributed by atoms with E-state index in [1.54, 1.807) is 6.20 Å². The molecule has 3 rings (SSSR count). The molecule has 0 aliphatic rings. The van der Waals surface area contributed by atoms with Gasteiger partial charge in [-0.3, -0.25) is 0 Å². The van der Waals surface area contributed by atoms with Crippen molar-refractivity contribution in [3.8, 4) is 0 Å². The summed E-state index contributed by atoms with van der Waals surface area (Å²) in [5, 5.41) is 4.82. The van der Waals surface area contributed by atoms with Gasteiger partial charge in [-0.2, -0.15) is 0 Å². The first-order valence-corrected chi connectivity index (χ1v) is 6.43. The van der Waals surface area contributed by atoms with Crippen molar-refractivity contribution in [1.82, 2.24) is 4.98 Å². The smallest absolute Gasteiger partial charge is 0.152 e. The van der Waals surface area contributed by atoms with Crippen LogP contribution in [0.3, 0.4) is 0 Å². The van der Waals surface area contributed by atoms with Crippen LogP contribution in [-0.2, 0) is 6.54 Å². The van der Waals surface area contributed by atoms with E-state index in [-0.39, 0.29) is 0 Å². The van der Waals surface area contributed by atoms with Gasteiger partial charge in [-0.25, -0.2) is 4.98 Å². The number of nitrogens with one attached hydrogen (secondary N) is 1. The molecule has 0 aliphatic heterocycles. The summed E-state index contributed by atoms with van der Waals surface area (Å²) in [5.41, 5.74) is 2.78.